The summed E-state index contributed by atoms with van der Waals surface area (Å²) < 4.78 is 76.1. The first-order chi connectivity index (χ1) is 14.7. The van der Waals surface area contributed by atoms with Crippen molar-refractivity contribution in [3.05, 3.63) is 41.2 Å². The highest BCUT2D eigenvalue weighted by Crippen LogP contribution is 2.33. The van der Waals surface area contributed by atoms with Crippen molar-refractivity contribution in [2.75, 3.05) is 13.2 Å². The molecule has 180 valence electrons. The predicted molar refractivity (Wildman–Crippen MR) is 120 cm³/mol. The lowest BCUT2D eigenvalue weighted by atomic mass is 10.2. The van der Waals surface area contributed by atoms with E-state index in [0.29, 0.717) is 12.1 Å². The van der Waals surface area contributed by atoms with Gasteiger partial charge in [0.1, 0.15) is 0 Å². The molecule has 0 radical (unpaired) electrons. The van der Waals surface area contributed by atoms with Crippen LogP contribution in [0, 0.1) is 0 Å². The van der Waals surface area contributed by atoms with Crippen LogP contribution < -0.4 is 20.1 Å². The third kappa shape index (κ3) is 7.98. The fourth-order valence-corrected chi connectivity index (χ4v) is 2.77. The van der Waals surface area contributed by atoms with Gasteiger partial charge in [-0.05, 0) is 19.9 Å². The number of nitrogens with one attached hydrogen (secondary N) is 2. The van der Waals surface area contributed by atoms with Gasteiger partial charge in [0.25, 0.3) is 0 Å². The molecule has 0 atom stereocenters. The standard InChI is InChI=1S/C19H24F5N5O2.HI/c1-4-25-18(27-10-13-11-29(3)28-16(13)19(22,23)24)26-9-12-7-6-8-14(30-5-2)15(12)31-17(20)21;/h6-8,11,17H,4-5,9-10H2,1-3H3,(H2,25,26,27);1H. The Balaban J connectivity index is 0.00000512. The number of rotatable bonds is 9. The molecule has 13 heteroatoms. The van der Waals surface area contributed by atoms with Crippen molar-refractivity contribution in [2.45, 2.75) is 39.7 Å². The zero-order valence-corrected chi connectivity index (χ0v) is 20.0. The van der Waals surface area contributed by atoms with Crippen LogP contribution >= 0.6 is 24.0 Å². The van der Waals surface area contributed by atoms with Crippen LogP contribution in [-0.4, -0.2) is 35.5 Å². The van der Waals surface area contributed by atoms with Crippen molar-refractivity contribution < 1.29 is 31.4 Å². The summed E-state index contributed by atoms with van der Waals surface area (Å²) in [5.74, 6) is 0.243. The van der Waals surface area contributed by atoms with E-state index in [4.69, 9.17) is 4.74 Å². The van der Waals surface area contributed by atoms with Gasteiger partial charge in [0.05, 0.1) is 13.2 Å². The monoisotopic (exact) mass is 577 g/mol. The summed E-state index contributed by atoms with van der Waals surface area (Å²) in [6.07, 6.45) is -3.35. The van der Waals surface area contributed by atoms with Gasteiger partial charge < -0.3 is 20.1 Å². The molecule has 1 heterocycles. The molecule has 0 amide bonds. The first kappa shape index (κ1) is 27.7. The van der Waals surface area contributed by atoms with Crippen LogP contribution in [0.4, 0.5) is 22.0 Å². The second-order valence-electron chi connectivity index (χ2n) is 6.28. The predicted octanol–water partition coefficient (Wildman–Crippen LogP) is 4.31. The number of benzene rings is 1. The average Bonchev–Trinajstić information content (AvgIpc) is 3.07. The van der Waals surface area contributed by atoms with E-state index in [0.717, 1.165) is 4.68 Å². The number of aryl methyl sites for hydroxylation is 1. The van der Waals surface area contributed by atoms with Gasteiger partial charge in [0.15, 0.2) is 23.2 Å². The van der Waals surface area contributed by atoms with Crippen molar-refractivity contribution >= 4 is 29.9 Å². The van der Waals surface area contributed by atoms with Gasteiger partial charge >= 0.3 is 12.8 Å². The molecule has 0 saturated heterocycles. The summed E-state index contributed by atoms with van der Waals surface area (Å²) in [4.78, 5) is 4.16. The number of hydrogen-bond acceptors (Lipinski definition) is 4. The van der Waals surface area contributed by atoms with Crippen molar-refractivity contribution in [3.63, 3.8) is 0 Å². The molecule has 0 aliphatic rings. The molecule has 2 N–H and O–H groups in total. The quantitative estimate of drug-likeness (QED) is 0.201. The smallest absolute Gasteiger partial charge is 0.435 e. The molecule has 1 aromatic heterocycles. The Labute approximate surface area is 199 Å². The van der Waals surface area contributed by atoms with Gasteiger partial charge in [0, 0.05) is 37.5 Å². The number of nitrogens with zero attached hydrogens (tertiary/aromatic N) is 3. The van der Waals surface area contributed by atoms with Gasteiger partial charge in [-0.25, -0.2) is 4.99 Å². The summed E-state index contributed by atoms with van der Waals surface area (Å²) in [5.41, 5.74) is -0.729. The molecule has 2 rings (SSSR count). The average molecular weight is 577 g/mol. The van der Waals surface area contributed by atoms with E-state index in [-0.39, 0.29) is 66.7 Å². The minimum atomic E-state index is -4.60. The van der Waals surface area contributed by atoms with Crippen molar-refractivity contribution in [1.82, 2.24) is 20.4 Å². The lowest BCUT2D eigenvalue weighted by Gasteiger charge is -2.17. The Morgan fingerprint density at radius 3 is 2.50 bits per heavy atom. The van der Waals surface area contributed by atoms with Gasteiger partial charge in [-0.1, -0.05) is 12.1 Å². The van der Waals surface area contributed by atoms with E-state index in [1.165, 1.54) is 19.3 Å². The van der Waals surface area contributed by atoms with Crippen LogP contribution in [0.3, 0.4) is 0 Å². The minimum Gasteiger partial charge on any atom is -0.490 e. The molecular weight excluding hydrogens is 552 g/mol. The number of aromatic nitrogens is 2. The topological polar surface area (TPSA) is 72.7 Å². The van der Waals surface area contributed by atoms with Crippen LogP contribution in [0.5, 0.6) is 11.5 Å². The maximum Gasteiger partial charge on any atom is 0.435 e. The van der Waals surface area contributed by atoms with Gasteiger partial charge in [-0.15, -0.1) is 24.0 Å². The van der Waals surface area contributed by atoms with Crippen LogP contribution in [0.15, 0.2) is 29.4 Å². The number of aliphatic imine (C=N–C) groups is 1. The second kappa shape index (κ2) is 12.6. The third-order valence-corrected chi connectivity index (χ3v) is 3.94. The maximum atomic E-state index is 13.1. The fourth-order valence-electron chi connectivity index (χ4n) is 2.77. The molecular formula is C19H25F5IN5O2. The largest absolute Gasteiger partial charge is 0.490 e. The molecule has 0 saturated carbocycles. The lowest BCUT2D eigenvalue weighted by molar-refractivity contribution is -0.142. The lowest BCUT2D eigenvalue weighted by Crippen LogP contribution is -2.37. The fraction of sp³-hybridized carbons (Fsp3) is 0.474. The first-order valence-corrected chi connectivity index (χ1v) is 9.47. The summed E-state index contributed by atoms with van der Waals surface area (Å²) in [6.45, 7) is 0.876. The summed E-state index contributed by atoms with van der Waals surface area (Å²) in [5, 5.41) is 9.25. The molecule has 7 nitrogen and oxygen atoms in total. The highest BCUT2D eigenvalue weighted by atomic mass is 127. The van der Waals surface area contributed by atoms with Gasteiger partial charge in [0.2, 0.25) is 0 Å². The van der Waals surface area contributed by atoms with E-state index in [1.807, 2.05) is 0 Å². The highest BCUT2D eigenvalue weighted by Gasteiger charge is 2.36. The van der Waals surface area contributed by atoms with Crippen molar-refractivity contribution in [2.24, 2.45) is 12.0 Å². The van der Waals surface area contributed by atoms with E-state index in [1.54, 1.807) is 26.0 Å². The second-order valence-corrected chi connectivity index (χ2v) is 6.28. The number of ether oxygens (including phenoxy) is 2. The maximum absolute atomic E-state index is 13.1. The Bertz CT molecular complexity index is 889. The van der Waals surface area contributed by atoms with E-state index < -0.39 is 18.5 Å². The van der Waals surface area contributed by atoms with E-state index >= 15 is 0 Å². The van der Waals surface area contributed by atoms with Crippen molar-refractivity contribution in [3.8, 4) is 11.5 Å². The molecule has 0 fully saturated rings. The van der Waals surface area contributed by atoms with E-state index in [9.17, 15) is 22.0 Å². The van der Waals surface area contributed by atoms with Crippen LogP contribution in [-0.2, 0) is 26.3 Å². The van der Waals surface area contributed by atoms with E-state index in [2.05, 4.69) is 25.5 Å². The SMILES string of the molecule is CCNC(=NCc1cn(C)nc1C(F)(F)F)NCc1cccc(OCC)c1OC(F)F.I. The molecule has 2 aromatic rings. The number of halogens is 6. The number of guanidine groups is 1. The highest BCUT2D eigenvalue weighted by molar-refractivity contribution is 14.0. The molecule has 0 spiro atoms. The number of hydrogen-bond donors (Lipinski definition) is 2. The van der Waals surface area contributed by atoms with Gasteiger partial charge in [-0.3, -0.25) is 4.68 Å². The van der Waals surface area contributed by atoms with Crippen LogP contribution in [0.2, 0.25) is 0 Å². The van der Waals surface area contributed by atoms with Gasteiger partial charge in [-0.2, -0.15) is 27.1 Å². The number of para-hydroxylation sites is 1. The molecule has 32 heavy (non-hydrogen) atoms. The minimum absolute atomic E-state index is 0. The molecule has 1 aromatic carbocycles. The van der Waals surface area contributed by atoms with Crippen molar-refractivity contribution in [1.29, 1.82) is 0 Å². The molecule has 0 aliphatic carbocycles. The summed E-state index contributed by atoms with van der Waals surface area (Å²) in [7, 11) is 1.39. The molecule has 0 unspecified atom stereocenters. The zero-order chi connectivity index (χ0) is 23.0. The third-order valence-electron chi connectivity index (χ3n) is 3.94. The van der Waals surface area contributed by atoms with Crippen LogP contribution in [0.1, 0.15) is 30.7 Å². The molecule has 0 aliphatic heterocycles. The van der Waals surface area contributed by atoms with Crippen LogP contribution in [0.25, 0.3) is 0 Å². The summed E-state index contributed by atoms with van der Waals surface area (Å²) >= 11 is 0. The Hall–Kier alpha value is -2.32. The zero-order valence-electron chi connectivity index (χ0n) is 17.7. The summed E-state index contributed by atoms with van der Waals surface area (Å²) in [6, 6.07) is 4.69. The normalized spacial score (nSPS) is 11.8. The Kier molecular flexibility index (Phi) is 11.0. The Morgan fingerprint density at radius 2 is 1.91 bits per heavy atom. The molecule has 0 bridgehead atoms. The first-order valence-electron chi connectivity index (χ1n) is 9.47. The Morgan fingerprint density at radius 1 is 1.19 bits per heavy atom. The number of alkyl halides is 5.